The molecule has 0 aliphatic carbocycles. The van der Waals surface area contributed by atoms with E-state index in [9.17, 15) is 13.2 Å². The lowest BCUT2D eigenvalue weighted by molar-refractivity contribution is -0.135. The molecule has 10 heteroatoms. The minimum absolute atomic E-state index is 0.0435. The second-order valence-corrected chi connectivity index (χ2v) is 7.47. The monoisotopic (exact) mass is 349 g/mol. The molecule has 0 unspecified atom stereocenters. The zero-order valence-electron chi connectivity index (χ0n) is 10.7. The minimum atomic E-state index is -3.71. The van der Waals surface area contributed by atoms with Crippen molar-refractivity contribution in [2.24, 2.45) is 0 Å². The Balaban J connectivity index is 2.02. The summed E-state index contributed by atoms with van der Waals surface area (Å²) in [4.78, 5) is 14.3. The Bertz CT molecular complexity index is 760. The maximum atomic E-state index is 12.0. The zero-order valence-corrected chi connectivity index (χ0v) is 13.1. The number of carbonyl (C=O) groups is 1. The lowest BCUT2D eigenvalue weighted by Crippen LogP contribution is -2.33. The van der Waals surface area contributed by atoms with Crippen molar-refractivity contribution < 1.29 is 18.3 Å². The van der Waals surface area contributed by atoms with Crippen LogP contribution in [0.25, 0.3) is 10.2 Å². The van der Waals surface area contributed by atoms with E-state index in [0.717, 1.165) is 16.0 Å². The number of benzene rings is 1. The second-order valence-electron chi connectivity index (χ2n) is 4.06. The van der Waals surface area contributed by atoms with E-state index in [2.05, 4.69) is 15.0 Å². The number of nitrogens with zero attached hydrogens (tertiary/aromatic N) is 1. The molecule has 0 spiro atoms. The van der Waals surface area contributed by atoms with Crippen molar-refractivity contribution in [3.63, 3.8) is 0 Å². The van der Waals surface area contributed by atoms with Gasteiger partial charge in [0.05, 0.1) is 16.8 Å². The largest absolute Gasteiger partial charge is 0.480 e. The summed E-state index contributed by atoms with van der Waals surface area (Å²) in [5.74, 6) is -0.999. The van der Waals surface area contributed by atoms with Crippen molar-refractivity contribution in [1.29, 1.82) is 0 Å². The summed E-state index contributed by atoms with van der Waals surface area (Å²) in [7, 11) is -3.71. The highest BCUT2D eigenvalue weighted by Crippen LogP contribution is 2.27. The van der Waals surface area contributed by atoms with Crippen LogP contribution in [-0.2, 0) is 14.8 Å². The van der Waals surface area contributed by atoms with Crippen molar-refractivity contribution >= 4 is 49.1 Å². The van der Waals surface area contributed by atoms with Crippen LogP contribution in [0.5, 0.6) is 0 Å². The standard InChI is InChI=1S/C11H12ClN3O4S2/c12-7-1-2-9-8(5-7)15-11(20-9)21(18,19)14-4-3-13-6-10(16)17/h1-2,5,13-14H,3-4,6H2,(H,16,17). The molecular formula is C11H12ClN3O4S2. The molecule has 0 aliphatic heterocycles. The van der Waals surface area contributed by atoms with Gasteiger partial charge < -0.3 is 10.4 Å². The van der Waals surface area contributed by atoms with Crippen LogP contribution in [-0.4, -0.2) is 44.1 Å². The van der Waals surface area contributed by atoms with E-state index in [4.69, 9.17) is 16.7 Å². The van der Waals surface area contributed by atoms with Gasteiger partial charge in [0, 0.05) is 18.1 Å². The third kappa shape index (κ3) is 4.35. The summed E-state index contributed by atoms with van der Waals surface area (Å²) < 4.78 is 27.1. The van der Waals surface area contributed by atoms with Gasteiger partial charge in [-0.1, -0.05) is 11.6 Å². The van der Waals surface area contributed by atoms with Crippen LogP contribution < -0.4 is 10.0 Å². The molecule has 0 bridgehead atoms. The van der Waals surface area contributed by atoms with Gasteiger partial charge in [-0.15, -0.1) is 11.3 Å². The molecule has 1 aromatic carbocycles. The third-order valence-corrected chi connectivity index (χ3v) is 5.54. The highest BCUT2D eigenvalue weighted by molar-refractivity contribution is 7.91. The van der Waals surface area contributed by atoms with Crippen molar-refractivity contribution in [2.75, 3.05) is 19.6 Å². The van der Waals surface area contributed by atoms with Crippen molar-refractivity contribution in [3.05, 3.63) is 23.2 Å². The number of fused-ring (bicyclic) bond motifs is 1. The first-order valence-electron chi connectivity index (χ1n) is 5.87. The highest BCUT2D eigenvalue weighted by Gasteiger charge is 2.18. The SMILES string of the molecule is O=C(O)CNCCNS(=O)(=O)c1nc2cc(Cl)ccc2s1. The summed E-state index contributed by atoms with van der Waals surface area (Å²) in [5, 5.41) is 11.5. The first-order valence-corrected chi connectivity index (χ1v) is 8.54. The maximum Gasteiger partial charge on any atom is 0.317 e. The van der Waals surface area contributed by atoms with Crippen molar-refractivity contribution in [2.45, 2.75) is 4.34 Å². The predicted octanol–water partition coefficient (Wildman–Crippen LogP) is 0.902. The molecule has 7 nitrogen and oxygen atoms in total. The number of aliphatic carboxylic acids is 1. The fourth-order valence-electron chi connectivity index (χ4n) is 1.53. The molecule has 0 saturated carbocycles. The molecule has 3 N–H and O–H groups in total. The van der Waals surface area contributed by atoms with E-state index in [1.807, 2.05) is 0 Å². The number of thiazole rings is 1. The summed E-state index contributed by atoms with van der Waals surface area (Å²) in [5.41, 5.74) is 0.525. The van der Waals surface area contributed by atoms with Crippen LogP contribution in [0.4, 0.5) is 0 Å². The second kappa shape index (κ2) is 6.67. The first-order chi connectivity index (χ1) is 9.88. The summed E-state index contributed by atoms with van der Waals surface area (Å²) in [6.45, 7) is 0.0654. The van der Waals surface area contributed by atoms with Crippen LogP contribution in [0, 0.1) is 0 Å². The Hall–Kier alpha value is -1.26. The molecule has 1 aromatic heterocycles. The van der Waals surface area contributed by atoms with Gasteiger partial charge in [0.2, 0.25) is 4.34 Å². The number of halogens is 1. The topological polar surface area (TPSA) is 108 Å². The van der Waals surface area contributed by atoms with Gasteiger partial charge in [0.15, 0.2) is 0 Å². The molecule has 21 heavy (non-hydrogen) atoms. The molecule has 1 heterocycles. The van der Waals surface area contributed by atoms with E-state index < -0.39 is 16.0 Å². The molecule has 114 valence electrons. The Labute approximate surface area is 130 Å². The molecule has 0 radical (unpaired) electrons. The molecular weight excluding hydrogens is 338 g/mol. The number of carboxylic acid groups (broad SMARTS) is 1. The number of sulfonamides is 1. The Morgan fingerprint density at radius 3 is 2.86 bits per heavy atom. The minimum Gasteiger partial charge on any atom is -0.480 e. The number of hydrogen-bond donors (Lipinski definition) is 3. The van der Waals surface area contributed by atoms with Gasteiger partial charge in [0.1, 0.15) is 0 Å². The number of hydrogen-bond acceptors (Lipinski definition) is 6. The van der Waals surface area contributed by atoms with Gasteiger partial charge in [-0.25, -0.2) is 18.1 Å². The Morgan fingerprint density at radius 2 is 2.14 bits per heavy atom. The van der Waals surface area contributed by atoms with Gasteiger partial charge in [0.25, 0.3) is 10.0 Å². The van der Waals surface area contributed by atoms with Crippen LogP contribution in [0.3, 0.4) is 0 Å². The van der Waals surface area contributed by atoms with E-state index in [1.54, 1.807) is 18.2 Å². The molecule has 2 aromatic rings. The molecule has 0 saturated heterocycles. The molecule has 0 amide bonds. The summed E-state index contributed by atoms with van der Waals surface area (Å²) in [6, 6.07) is 4.98. The Morgan fingerprint density at radius 1 is 1.38 bits per heavy atom. The summed E-state index contributed by atoms with van der Waals surface area (Å²) >= 11 is 6.88. The van der Waals surface area contributed by atoms with Gasteiger partial charge in [-0.3, -0.25) is 4.79 Å². The lowest BCUT2D eigenvalue weighted by atomic mass is 10.3. The summed E-state index contributed by atoms with van der Waals surface area (Å²) in [6.07, 6.45) is 0. The van der Waals surface area contributed by atoms with Crippen LogP contribution in [0.2, 0.25) is 5.02 Å². The van der Waals surface area contributed by atoms with Gasteiger partial charge in [-0.05, 0) is 18.2 Å². The van der Waals surface area contributed by atoms with Crippen molar-refractivity contribution in [3.8, 4) is 0 Å². The third-order valence-electron chi connectivity index (χ3n) is 2.43. The number of carboxylic acids is 1. The molecule has 2 rings (SSSR count). The maximum absolute atomic E-state index is 12.0. The molecule has 0 fully saturated rings. The number of aromatic nitrogens is 1. The fourth-order valence-corrected chi connectivity index (χ4v) is 3.97. The molecule has 0 aliphatic rings. The van der Waals surface area contributed by atoms with E-state index in [0.29, 0.717) is 10.5 Å². The van der Waals surface area contributed by atoms with Gasteiger partial charge >= 0.3 is 5.97 Å². The van der Waals surface area contributed by atoms with E-state index in [1.165, 1.54) is 0 Å². The van der Waals surface area contributed by atoms with E-state index >= 15 is 0 Å². The number of rotatable bonds is 7. The average Bonchev–Trinajstić information content (AvgIpc) is 2.81. The highest BCUT2D eigenvalue weighted by atomic mass is 35.5. The van der Waals surface area contributed by atoms with Crippen LogP contribution in [0.1, 0.15) is 0 Å². The van der Waals surface area contributed by atoms with Crippen LogP contribution in [0.15, 0.2) is 22.5 Å². The van der Waals surface area contributed by atoms with E-state index in [-0.39, 0.29) is 24.0 Å². The van der Waals surface area contributed by atoms with Gasteiger partial charge in [-0.2, -0.15) is 0 Å². The number of nitrogens with one attached hydrogen (secondary N) is 2. The zero-order chi connectivity index (χ0) is 15.5. The fraction of sp³-hybridized carbons (Fsp3) is 0.273. The smallest absolute Gasteiger partial charge is 0.317 e. The Kier molecular flexibility index (Phi) is 5.12. The lowest BCUT2D eigenvalue weighted by Gasteiger charge is -2.03. The quantitative estimate of drug-likeness (QED) is 0.641. The first kappa shape index (κ1) is 16.1. The average molecular weight is 350 g/mol. The molecule has 0 atom stereocenters. The normalized spacial score (nSPS) is 11.9. The van der Waals surface area contributed by atoms with Crippen LogP contribution >= 0.6 is 22.9 Å². The van der Waals surface area contributed by atoms with Crippen molar-refractivity contribution in [1.82, 2.24) is 15.0 Å². The predicted molar refractivity (Wildman–Crippen MR) is 80.3 cm³/mol.